The van der Waals surface area contributed by atoms with Crippen LogP contribution in [-0.4, -0.2) is 30.9 Å². The Morgan fingerprint density at radius 2 is 1.66 bits per heavy atom. The summed E-state index contributed by atoms with van der Waals surface area (Å²) in [5, 5.41) is 9.64. The van der Waals surface area contributed by atoms with Gasteiger partial charge in [0.25, 0.3) is 0 Å². The fourth-order valence-corrected chi connectivity index (χ4v) is 4.23. The fraction of sp³-hybridized carbons (Fsp3) is 0.440. The molecule has 2 amide bonds. The van der Waals surface area contributed by atoms with E-state index in [4.69, 9.17) is 11.6 Å². The van der Waals surface area contributed by atoms with E-state index in [1.807, 2.05) is 12.1 Å². The average molecular weight is 460 g/mol. The van der Waals surface area contributed by atoms with Crippen molar-refractivity contribution in [3.05, 3.63) is 64.9 Å². The maximum Gasteiger partial charge on any atom is 0.242 e. The smallest absolute Gasteiger partial charge is 0.242 e. The summed E-state index contributed by atoms with van der Waals surface area (Å²) in [4.78, 5) is 25.5. The predicted octanol–water partition coefficient (Wildman–Crippen LogP) is 4.71. The molecule has 0 unspecified atom stereocenters. The molecule has 5 nitrogen and oxygen atoms in total. The van der Waals surface area contributed by atoms with Crippen LogP contribution in [0.5, 0.6) is 0 Å². The van der Waals surface area contributed by atoms with Crippen LogP contribution in [0.2, 0.25) is 5.02 Å². The Kier molecular flexibility index (Phi) is 9.35. The second kappa shape index (κ2) is 12.4. The van der Waals surface area contributed by atoms with Crippen molar-refractivity contribution in [1.29, 1.82) is 0 Å². The van der Waals surface area contributed by atoms with E-state index in [-0.39, 0.29) is 24.1 Å². The number of halogens is 2. The van der Waals surface area contributed by atoms with E-state index in [1.165, 1.54) is 31.4 Å². The molecule has 3 N–H and O–H groups in total. The maximum absolute atomic E-state index is 13.0. The summed E-state index contributed by atoms with van der Waals surface area (Å²) in [7, 11) is 0. The minimum absolute atomic E-state index is 0.166. The molecule has 0 radical (unpaired) electrons. The highest BCUT2D eigenvalue weighted by atomic mass is 35.5. The maximum atomic E-state index is 13.0. The van der Waals surface area contributed by atoms with Crippen LogP contribution in [-0.2, 0) is 16.0 Å². The van der Waals surface area contributed by atoms with Gasteiger partial charge in [-0.25, -0.2) is 4.39 Å². The molecular formula is C25H31ClFN3O2. The standard InChI is InChI=1S/C25H31ClFN3O2/c26-20-8-6-19(7-9-20)17-24(31)30-23(16-18-4-2-1-3-5-18)25(32)29-15-14-28-22-12-10-21(27)11-13-22/h6-13,18,23,28H,1-5,14-17H2,(H,29,32)(H,30,31)/t23-/m0/s1. The van der Waals surface area contributed by atoms with Crippen LogP contribution in [0.4, 0.5) is 10.1 Å². The molecule has 0 aliphatic heterocycles. The summed E-state index contributed by atoms with van der Waals surface area (Å²) >= 11 is 5.91. The van der Waals surface area contributed by atoms with Gasteiger partial charge < -0.3 is 16.0 Å². The lowest BCUT2D eigenvalue weighted by atomic mass is 9.84. The van der Waals surface area contributed by atoms with Crippen molar-refractivity contribution in [2.24, 2.45) is 5.92 Å². The van der Waals surface area contributed by atoms with Crippen molar-refractivity contribution in [2.75, 3.05) is 18.4 Å². The number of benzene rings is 2. The minimum Gasteiger partial charge on any atom is -0.383 e. The number of anilines is 1. The third kappa shape index (κ3) is 8.15. The molecule has 0 bridgehead atoms. The molecule has 0 aromatic heterocycles. The number of carbonyl (C=O) groups is 2. The highest BCUT2D eigenvalue weighted by Gasteiger charge is 2.25. The number of carbonyl (C=O) groups excluding carboxylic acids is 2. The van der Waals surface area contributed by atoms with E-state index in [2.05, 4.69) is 16.0 Å². The molecule has 32 heavy (non-hydrogen) atoms. The van der Waals surface area contributed by atoms with Crippen molar-refractivity contribution >= 4 is 29.1 Å². The van der Waals surface area contributed by atoms with Crippen LogP contribution in [0.3, 0.4) is 0 Å². The number of hydrogen-bond acceptors (Lipinski definition) is 3. The van der Waals surface area contributed by atoms with Gasteiger partial charge in [0.15, 0.2) is 0 Å². The van der Waals surface area contributed by atoms with E-state index in [1.54, 1.807) is 24.3 Å². The van der Waals surface area contributed by atoms with Crippen molar-refractivity contribution < 1.29 is 14.0 Å². The Hall–Kier alpha value is -2.60. The molecule has 0 spiro atoms. The average Bonchev–Trinajstić information content (AvgIpc) is 2.79. The van der Waals surface area contributed by atoms with Gasteiger partial charge in [-0.05, 0) is 54.3 Å². The molecule has 2 aromatic rings. The molecule has 3 rings (SSSR count). The van der Waals surface area contributed by atoms with Crippen LogP contribution in [0.25, 0.3) is 0 Å². The zero-order chi connectivity index (χ0) is 22.8. The summed E-state index contributed by atoms with van der Waals surface area (Å²) in [5.74, 6) is -0.176. The highest BCUT2D eigenvalue weighted by molar-refractivity contribution is 6.30. The fourth-order valence-electron chi connectivity index (χ4n) is 4.10. The molecular weight excluding hydrogens is 429 g/mol. The van der Waals surface area contributed by atoms with Crippen LogP contribution >= 0.6 is 11.6 Å². The van der Waals surface area contributed by atoms with Gasteiger partial charge in [0, 0.05) is 23.8 Å². The second-order valence-electron chi connectivity index (χ2n) is 8.39. The van der Waals surface area contributed by atoms with Gasteiger partial charge in [-0.2, -0.15) is 0 Å². The van der Waals surface area contributed by atoms with Crippen molar-refractivity contribution in [3.8, 4) is 0 Å². The van der Waals surface area contributed by atoms with E-state index < -0.39 is 6.04 Å². The molecule has 1 fully saturated rings. The minimum atomic E-state index is -0.552. The SMILES string of the molecule is O=C(Cc1ccc(Cl)cc1)N[C@@H](CC1CCCCC1)C(=O)NCCNc1ccc(F)cc1. The lowest BCUT2D eigenvalue weighted by Crippen LogP contribution is -2.49. The zero-order valence-corrected chi connectivity index (χ0v) is 19.0. The second-order valence-corrected chi connectivity index (χ2v) is 8.82. The molecule has 0 saturated heterocycles. The third-order valence-corrected chi connectivity index (χ3v) is 6.07. The Labute approximate surface area is 194 Å². The number of rotatable bonds is 10. The monoisotopic (exact) mass is 459 g/mol. The van der Waals surface area contributed by atoms with Crippen LogP contribution in [0, 0.1) is 11.7 Å². The van der Waals surface area contributed by atoms with Crippen LogP contribution in [0.1, 0.15) is 44.1 Å². The van der Waals surface area contributed by atoms with Gasteiger partial charge in [0.1, 0.15) is 11.9 Å². The van der Waals surface area contributed by atoms with E-state index in [0.717, 1.165) is 24.1 Å². The summed E-state index contributed by atoms with van der Waals surface area (Å²) in [5.41, 5.74) is 1.64. The summed E-state index contributed by atoms with van der Waals surface area (Å²) in [6.07, 6.45) is 6.66. The normalized spacial score (nSPS) is 15.1. The predicted molar refractivity (Wildman–Crippen MR) is 126 cm³/mol. The largest absolute Gasteiger partial charge is 0.383 e. The van der Waals surface area contributed by atoms with E-state index in [0.29, 0.717) is 30.5 Å². The van der Waals surface area contributed by atoms with Crippen molar-refractivity contribution in [3.63, 3.8) is 0 Å². The van der Waals surface area contributed by atoms with Gasteiger partial charge in [-0.3, -0.25) is 9.59 Å². The first-order chi connectivity index (χ1) is 15.5. The quantitative estimate of drug-likeness (QED) is 0.451. The lowest BCUT2D eigenvalue weighted by Gasteiger charge is -2.26. The topological polar surface area (TPSA) is 70.2 Å². The highest BCUT2D eigenvalue weighted by Crippen LogP contribution is 2.27. The lowest BCUT2D eigenvalue weighted by molar-refractivity contribution is -0.129. The molecule has 7 heteroatoms. The molecule has 0 heterocycles. The molecule has 1 saturated carbocycles. The first-order valence-corrected chi connectivity index (χ1v) is 11.7. The van der Waals surface area contributed by atoms with Crippen molar-refractivity contribution in [1.82, 2.24) is 10.6 Å². The van der Waals surface area contributed by atoms with Gasteiger partial charge in [0.2, 0.25) is 11.8 Å². The van der Waals surface area contributed by atoms with Crippen LogP contribution in [0.15, 0.2) is 48.5 Å². The number of amides is 2. The molecule has 1 aliphatic carbocycles. The number of nitrogens with one attached hydrogen (secondary N) is 3. The van der Waals surface area contributed by atoms with Gasteiger partial charge >= 0.3 is 0 Å². The Balaban J connectivity index is 1.51. The van der Waals surface area contributed by atoms with E-state index in [9.17, 15) is 14.0 Å². The zero-order valence-electron chi connectivity index (χ0n) is 18.2. The summed E-state index contributed by atoms with van der Waals surface area (Å²) in [6.45, 7) is 0.913. The molecule has 1 aliphatic rings. The summed E-state index contributed by atoms with van der Waals surface area (Å²) < 4.78 is 13.0. The molecule has 172 valence electrons. The van der Waals surface area contributed by atoms with Gasteiger partial charge in [-0.1, -0.05) is 55.8 Å². The van der Waals surface area contributed by atoms with E-state index >= 15 is 0 Å². The van der Waals surface area contributed by atoms with Gasteiger partial charge in [-0.15, -0.1) is 0 Å². The molecule has 1 atom stereocenters. The summed E-state index contributed by atoms with van der Waals surface area (Å²) in [6, 6.07) is 12.7. The first kappa shape index (κ1) is 24.1. The van der Waals surface area contributed by atoms with Gasteiger partial charge in [0.05, 0.1) is 6.42 Å². The Morgan fingerprint density at radius 3 is 2.34 bits per heavy atom. The Morgan fingerprint density at radius 1 is 0.969 bits per heavy atom. The Bertz CT molecular complexity index is 868. The molecule has 2 aromatic carbocycles. The number of hydrogen-bond donors (Lipinski definition) is 3. The third-order valence-electron chi connectivity index (χ3n) is 5.82. The van der Waals surface area contributed by atoms with Crippen LogP contribution < -0.4 is 16.0 Å². The first-order valence-electron chi connectivity index (χ1n) is 11.3. The van der Waals surface area contributed by atoms with Crippen molar-refractivity contribution in [2.45, 2.75) is 51.0 Å².